The number of hydrazine groups is 1. The van der Waals surface area contributed by atoms with E-state index < -0.39 is 30.2 Å². The number of benzene rings is 1. The molecule has 2 fully saturated rings. The van der Waals surface area contributed by atoms with E-state index >= 15 is 0 Å². The number of fused-ring (bicyclic) bond motifs is 1. The number of nitrogens with one attached hydrogen (secondary N) is 2. The molecule has 4 nitrogen and oxygen atoms in total. The van der Waals surface area contributed by atoms with E-state index in [2.05, 4.69) is 10.7 Å². The van der Waals surface area contributed by atoms with Crippen LogP contribution in [0.1, 0.15) is 38.2 Å². The first-order valence-corrected chi connectivity index (χ1v) is 9.07. The molecule has 3 unspecified atom stereocenters. The van der Waals surface area contributed by atoms with E-state index in [9.17, 15) is 18.0 Å². The molecule has 3 aliphatic rings. The van der Waals surface area contributed by atoms with Gasteiger partial charge in [0, 0.05) is 11.6 Å². The SMILES string of the molecule is CC1=C(c2ccccc2)C(=O)N2NC(C(F)(F)F)C(C3CCCC3)C2N1. The number of rotatable bonds is 2. The highest BCUT2D eigenvalue weighted by Crippen LogP contribution is 2.45. The lowest BCUT2D eigenvalue weighted by Crippen LogP contribution is -2.55. The summed E-state index contributed by atoms with van der Waals surface area (Å²) in [7, 11) is 0. The molecule has 0 radical (unpaired) electrons. The van der Waals surface area contributed by atoms with Gasteiger partial charge in [-0.3, -0.25) is 9.80 Å². The topological polar surface area (TPSA) is 44.4 Å². The second-order valence-electron chi connectivity index (χ2n) is 7.40. The maximum atomic E-state index is 13.7. The molecule has 0 bridgehead atoms. The Hall–Kier alpha value is -2.02. The fourth-order valence-corrected chi connectivity index (χ4v) is 4.70. The summed E-state index contributed by atoms with van der Waals surface area (Å²) in [4.78, 5) is 13.0. The van der Waals surface area contributed by atoms with Crippen molar-refractivity contribution in [1.29, 1.82) is 0 Å². The molecule has 2 aliphatic heterocycles. The molecule has 0 aromatic heterocycles. The van der Waals surface area contributed by atoms with Crippen molar-refractivity contribution in [3.8, 4) is 0 Å². The summed E-state index contributed by atoms with van der Waals surface area (Å²) >= 11 is 0. The van der Waals surface area contributed by atoms with Crippen molar-refractivity contribution >= 4 is 11.5 Å². The van der Waals surface area contributed by atoms with Crippen molar-refractivity contribution in [3.63, 3.8) is 0 Å². The zero-order valence-electron chi connectivity index (χ0n) is 14.5. The summed E-state index contributed by atoms with van der Waals surface area (Å²) in [5, 5.41) is 4.39. The molecule has 1 saturated carbocycles. The fourth-order valence-electron chi connectivity index (χ4n) is 4.70. The van der Waals surface area contributed by atoms with E-state index in [0.29, 0.717) is 16.8 Å². The maximum Gasteiger partial charge on any atom is 0.406 e. The minimum Gasteiger partial charge on any atom is -0.367 e. The smallest absolute Gasteiger partial charge is 0.367 e. The molecule has 3 atom stereocenters. The normalized spacial score (nSPS) is 29.9. The number of alkyl halides is 3. The summed E-state index contributed by atoms with van der Waals surface area (Å²) in [6.07, 6.45) is -1.58. The largest absolute Gasteiger partial charge is 0.406 e. The van der Waals surface area contributed by atoms with Crippen LogP contribution in [-0.2, 0) is 4.79 Å². The third kappa shape index (κ3) is 2.78. The highest BCUT2D eigenvalue weighted by molar-refractivity contribution is 6.20. The molecule has 1 amide bonds. The van der Waals surface area contributed by atoms with Crippen LogP contribution in [0.25, 0.3) is 5.57 Å². The Morgan fingerprint density at radius 2 is 1.77 bits per heavy atom. The minimum absolute atomic E-state index is 0.0319. The number of carbonyl (C=O) groups is 1. The molecule has 1 saturated heterocycles. The van der Waals surface area contributed by atoms with Crippen LogP contribution in [0.3, 0.4) is 0 Å². The Kier molecular flexibility index (Phi) is 4.22. The van der Waals surface area contributed by atoms with Gasteiger partial charge in [-0.1, -0.05) is 43.2 Å². The Morgan fingerprint density at radius 3 is 2.38 bits per heavy atom. The molecule has 0 spiro atoms. The number of hydrogen-bond donors (Lipinski definition) is 2. The quantitative estimate of drug-likeness (QED) is 0.844. The average Bonchev–Trinajstić information content (AvgIpc) is 3.22. The van der Waals surface area contributed by atoms with Gasteiger partial charge in [-0.05, 0) is 31.2 Å². The van der Waals surface area contributed by atoms with Crippen molar-refractivity contribution < 1.29 is 18.0 Å². The molecule has 1 aromatic carbocycles. The second kappa shape index (κ2) is 6.30. The van der Waals surface area contributed by atoms with Crippen LogP contribution in [0.5, 0.6) is 0 Å². The lowest BCUT2D eigenvalue weighted by atomic mass is 9.82. The van der Waals surface area contributed by atoms with Crippen LogP contribution in [-0.4, -0.2) is 29.3 Å². The first-order valence-electron chi connectivity index (χ1n) is 9.07. The standard InChI is InChI=1S/C19H22F3N3O/c1-11-14(12-7-3-2-4-8-12)18(26)25-17(23-11)15(13-9-5-6-10-13)16(24-25)19(20,21)22/h2-4,7-8,13,15-17,23-24H,5-6,9-10H2,1H3. The molecular formula is C19H22F3N3O. The second-order valence-corrected chi connectivity index (χ2v) is 7.40. The van der Waals surface area contributed by atoms with Gasteiger partial charge in [-0.15, -0.1) is 0 Å². The average molecular weight is 365 g/mol. The fraction of sp³-hybridized carbons (Fsp3) is 0.526. The van der Waals surface area contributed by atoms with E-state index in [-0.39, 0.29) is 5.92 Å². The lowest BCUT2D eigenvalue weighted by molar-refractivity contribution is -0.168. The van der Waals surface area contributed by atoms with E-state index in [1.54, 1.807) is 19.1 Å². The van der Waals surface area contributed by atoms with Gasteiger partial charge < -0.3 is 5.32 Å². The van der Waals surface area contributed by atoms with Gasteiger partial charge in [0.25, 0.3) is 5.91 Å². The Labute approximate surface area is 150 Å². The lowest BCUT2D eigenvalue weighted by Gasteiger charge is -2.36. The Bertz CT molecular complexity index is 725. The molecule has 140 valence electrons. The molecule has 7 heteroatoms. The minimum atomic E-state index is -4.40. The van der Waals surface area contributed by atoms with Crippen LogP contribution in [0, 0.1) is 11.8 Å². The molecule has 2 N–H and O–H groups in total. The first kappa shape index (κ1) is 17.4. The number of nitrogens with zero attached hydrogens (tertiary/aromatic N) is 1. The monoisotopic (exact) mass is 365 g/mol. The van der Waals surface area contributed by atoms with E-state index in [1.807, 2.05) is 18.2 Å². The summed E-state index contributed by atoms with van der Waals surface area (Å²) in [5.41, 5.74) is 4.25. The molecule has 26 heavy (non-hydrogen) atoms. The molecule has 4 rings (SSSR count). The number of amides is 1. The van der Waals surface area contributed by atoms with Gasteiger partial charge in [0.1, 0.15) is 12.2 Å². The van der Waals surface area contributed by atoms with Crippen LogP contribution in [0.15, 0.2) is 36.0 Å². The van der Waals surface area contributed by atoms with E-state index in [1.165, 1.54) is 5.01 Å². The van der Waals surface area contributed by atoms with Crippen molar-refractivity contribution in [3.05, 3.63) is 41.6 Å². The Morgan fingerprint density at radius 1 is 1.12 bits per heavy atom. The van der Waals surface area contributed by atoms with Gasteiger partial charge in [0.15, 0.2) is 0 Å². The predicted octanol–water partition coefficient (Wildman–Crippen LogP) is 3.43. The van der Waals surface area contributed by atoms with Crippen LogP contribution < -0.4 is 10.7 Å². The van der Waals surface area contributed by atoms with Gasteiger partial charge >= 0.3 is 6.18 Å². The summed E-state index contributed by atoms with van der Waals surface area (Å²) < 4.78 is 41.1. The van der Waals surface area contributed by atoms with E-state index in [4.69, 9.17) is 0 Å². The summed E-state index contributed by atoms with van der Waals surface area (Å²) in [6.45, 7) is 1.77. The van der Waals surface area contributed by atoms with Crippen molar-refractivity contribution in [1.82, 2.24) is 15.8 Å². The van der Waals surface area contributed by atoms with Crippen molar-refractivity contribution in [2.75, 3.05) is 0 Å². The van der Waals surface area contributed by atoms with Crippen molar-refractivity contribution in [2.24, 2.45) is 11.8 Å². The van der Waals surface area contributed by atoms with Crippen LogP contribution in [0.2, 0.25) is 0 Å². The zero-order chi connectivity index (χ0) is 18.5. The summed E-state index contributed by atoms with van der Waals surface area (Å²) in [5.74, 6) is -1.10. The van der Waals surface area contributed by atoms with Gasteiger partial charge in [0.2, 0.25) is 0 Å². The Balaban J connectivity index is 1.71. The van der Waals surface area contributed by atoms with Crippen LogP contribution in [0.4, 0.5) is 13.2 Å². The number of halogens is 3. The van der Waals surface area contributed by atoms with Crippen LogP contribution >= 0.6 is 0 Å². The third-order valence-electron chi connectivity index (χ3n) is 5.84. The molecule has 1 aliphatic carbocycles. The highest BCUT2D eigenvalue weighted by Gasteiger charge is 2.59. The zero-order valence-corrected chi connectivity index (χ0v) is 14.5. The molecular weight excluding hydrogens is 343 g/mol. The first-order chi connectivity index (χ1) is 12.4. The van der Waals surface area contributed by atoms with Crippen molar-refractivity contribution in [2.45, 2.75) is 51.0 Å². The van der Waals surface area contributed by atoms with Gasteiger partial charge in [0.05, 0.1) is 5.57 Å². The third-order valence-corrected chi connectivity index (χ3v) is 5.84. The predicted molar refractivity (Wildman–Crippen MR) is 91.2 cm³/mol. The summed E-state index contributed by atoms with van der Waals surface area (Å²) in [6, 6.07) is 7.36. The molecule has 2 heterocycles. The highest BCUT2D eigenvalue weighted by atomic mass is 19.4. The maximum absolute atomic E-state index is 13.7. The number of hydrogen-bond acceptors (Lipinski definition) is 3. The van der Waals surface area contributed by atoms with Gasteiger partial charge in [-0.2, -0.15) is 13.2 Å². The van der Waals surface area contributed by atoms with E-state index in [0.717, 1.165) is 25.7 Å². The number of allylic oxidation sites excluding steroid dienone is 1. The van der Waals surface area contributed by atoms with Gasteiger partial charge in [-0.25, -0.2) is 5.43 Å². The molecule has 1 aromatic rings. The number of carbonyl (C=O) groups excluding carboxylic acids is 1.